The molecule has 2 aliphatic rings. The average molecular weight is 279 g/mol. The van der Waals surface area contributed by atoms with Crippen molar-refractivity contribution >= 4 is 23.2 Å². The molecule has 2 saturated heterocycles. The van der Waals surface area contributed by atoms with Gasteiger partial charge in [-0.3, -0.25) is 9.69 Å². The molecule has 19 heavy (non-hydrogen) atoms. The Labute approximate surface area is 119 Å². The lowest BCUT2D eigenvalue weighted by molar-refractivity contribution is -0.122. The fraction of sp³-hybridized carbons (Fsp3) is 0.533. The first-order valence-electron chi connectivity index (χ1n) is 7.07. The van der Waals surface area contributed by atoms with Crippen LogP contribution in [-0.4, -0.2) is 36.5 Å². The van der Waals surface area contributed by atoms with Gasteiger partial charge in [-0.25, -0.2) is 0 Å². The summed E-state index contributed by atoms with van der Waals surface area (Å²) in [6.07, 6.45) is 4.70. The van der Waals surface area contributed by atoms with Crippen LogP contribution in [0, 0.1) is 0 Å². The number of halogens is 1. The first kappa shape index (κ1) is 12.9. The molecule has 0 saturated carbocycles. The second-order valence-electron chi connectivity index (χ2n) is 5.37. The zero-order valence-electron chi connectivity index (χ0n) is 11.0. The summed E-state index contributed by atoms with van der Waals surface area (Å²) >= 11 is 5.89. The maximum atomic E-state index is 12.5. The van der Waals surface area contributed by atoms with Gasteiger partial charge in [-0.1, -0.05) is 18.0 Å². The normalized spacial score (nSPS) is 25.0. The molecule has 2 heterocycles. The van der Waals surface area contributed by atoms with E-state index in [2.05, 4.69) is 4.90 Å². The zero-order chi connectivity index (χ0) is 13.2. The van der Waals surface area contributed by atoms with Gasteiger partial charge in [0.05, 0.1) is 6.04 Å². The molecule has 1 atom stereocenters. The molecule has 2 fully saturated rings. The van der Waals surface area contributed by atoms with E-state index >= 15 is 0 Å². The van der Waals surface area contributed by atoms with Crippen LogP contribution >= 0.6 is 11.6 Å². The van der Waals surface area contributed by atoms with Crippen LogP contribution in [0.3, 0.4) is 0 Å². The van der Waals surface area contributed by atoms with Crippen LogP contribution in [0.1, 0.15) is 25.7 Å². The predicted molar refractivity (Wildman–Crippen MR) is 77.6 cm³/mol. The molecule has 2 aliphatic heterocycles. The molecule has 102 valence electrons. The standard InChI is InChI=1S/C15H19ClN2O/c16-12-4-6-13(7-5-12)18-11-8-14(15(18)19)17-9-2-1-3-10-17/h4-7,14H,1-3,8-11H2. The Balaban J connectivity index is 1.72. The largest absolute Gasteiger partial charge is 0.311 e. The Morgan fingerprint density at radius 3 is 2.37 bits per heavy atom. The van der Waals surface area contributed by atoms with E-state index in [9.17, 15) is 4.79 Å². The molecular formula is C15H19ClN2O. The van der Waals surface area contributed by atoms with Crippen LogP contribution in [0.25, 0.3) is 0 Å². The van der Waals surface area contributed by atoms with Crippen molar-refractivity contribution in [1.29, 1.82) is 0 Å². The number of likely N-dealkylation sites (tertiary alicyclic amines) is 1. The van der Waals surface area contributed by atoms with Crippen LogP contribution in [-0.2, 0) is 4.79 Å². The topological polar surface area (TPSA) is 23.6 Å². The Hall–Kier alpha value is -1.06. The fourth-order valence-corrected chi connectivity index (χ4v) is 3.24. The van der Waals surface area contributed by atoms with Crippen molar-refractivity contribution in [1.82, 2.24) is 4.90 Å². The van der Waals surface area contributed by atoms with Crippen molar-refractivity contribution < 1.29 is 4.79 Å². The SMILES string of the molecule is O=C1C(N2CCCCC2)CCN1c1ccc(Cl)cc1. The summed E-state index contributed by atoms with van der Waals surface area (Å²) in [5.41, 5.74) is 0.967. The number of nitrogens with zero attached hydrogens (tertiary/aromatic N) is 2. The molecule has 1 aromatic rings. The number of carbonyl (C=O) groups excluding carboxylic acids is 1. The van der Waals surface area contributed by atoms with E-state index in [0.717, 1.165) is 31.7 Å². The maximum Gasteiger partial charge on any atom is 0.244 e. The van der Waals surface area contributed by atoms with E-state index in [1.54, 1.807) is 0 Å². The van der Waals surface area contributed by atoms with Gasteiger partial charge in [0.1, 0.15) is 0 Å². The number of benzene rings is 1. The number of amides is 1. The first-order valence-corrected chi connectivity index (χ1v) is 7.44. The van der Waals surface area contributed by atoms with Crippen LogP contribution in [0.4, 0.5) is 5.69 Å². The van der Waals surface area contributed by atoms with Crippen LogP contribution in [0.5, 0.6) is 0 Å². The number of anilines is 1. The maximum absolute atomic E-state index is 12.5. The highest BCUT2D eigenvalue weighted by atomic mass is 35.5. The summed E-state index contributed by atoms with van der Waals surface area (Å²) in [6.45, 7) is 2.97. The van der Waals surface area contributed by atoms with E-state index in [1.165, 1.54) is 19.3 Å². The van der Waals surface area contributed by atoms with E-state index < -0.39 is 0 Å². The Morgan fingerprint density at radius 2 is 1.68 bits per heavy atom. The second-order valence-corrected chi connectivity index (χ2v) is 5.80. The lowest BCUT2D eigenvalue weighted by Crippen LogP contribution is -2.44. The summed E-state index contributed by atoms with van der Waals surface area (Å²) in [5, 5.41) is 0.711. The Bertz CT molecular complexity index is 454. The van der Waals surface area contributed by atoms with Gasteiger partial charge >= 0.3 is 0 Å². The summed E-state index contributed by atoms with van der Waals surface area (Å²) < 4.78 is 0. The van der Waals surface area contributed by atoms with Crippen molar-refractivity contribution in [3.05, 3.63) is 29.3 Å². The summed E-state index contributed by atoms with van der Waals surface area (Å²) in [6, 6.07) is 7.64. The van der Waals surface area contributed by atoms with Gasteiger partial charge < -0.3 is 4.90 Å². The molecule has 0 bridgehead atoms. The molecule has 1 amide bonds. The van der Waals surface area contributed by atoms with Crippen LogP contribution in [0.15, 0.2) is 24.3 Å². The van der Waals surface area contributed by atoms with Crippen LogP contribution < -0.4 is 4.90 Å². The van der Waals surface area contributed by atoms with Gasteiger partial charge in [-0.15, -0.1) is 0 Å². The molecular weight excluding hydrogens is 260 g/mol. The van der Waals surface area contributed by atoms with E-state index in [4.69, 9.17) is 11.6 Å². The molecule has 0 radical (unpaired) electrons. The minimum Gasteiger partial charge on any atom is -0.311 e. The lowest BCUT2D eigenvalue weighted by Gasteiger charge is -2.31. The second kappa shape index (κ2) is 5.51. The van der Waals surface area contributed by atoms with E-state index in [1.807, 2.05) is 29.2 Å². The molecule has 1 aromatic carbocycles. The zero-order valence-corrected chi connectivity index (χ0v) is 11.8. The van der Waals surface area contributed by atoms with Crippen molar-refractivity contribution in [2.75, 3.05) is 24.5 Å². The average Bonchev–Trinajstić information content (AvgIpc) is 2.83. The molecule has 3 rings (SSSR count). The van der Waals surface area contributed by atoms with Gasteiger partial charge in [0, 0.05) is 17.3 Å². The summed E-state index contributed by atoms with van der Waals surface area (Å²) in [7, 11) is 0. The minimum absolute atomic E-state index is 0.0935. The first-order chi connectivity index (χ1) is 9.25. The summed E-state index contributed by atoms with van der Waals surface area (Å²) in [5.74, 6) is 0.254. The molecule has 0 aliphatic carbocycles. The third-order valence-corrected chi connectivity index (χ3v) is 4.40. The molecule has 3 nitrogen and oxygen atoms in total. The lowest BCUT2D eigenvalue weighted by atomic mass is 10.1. The molecule has 0 N–H and O–H groups in total. The quantitative estimate of drug-likeness (QED) is 0.830. The third kappa shape index (κ3) is 2.63. The summed E-state index contributed by atoms with van der Waals surface area (Å²) in [4.78, 5) is 16.8. The number of rotatable bonds is 2. The Kier molecular flexibility index (Phi) is 3.76. The molecule has 1 unspecified atom stereocenters. The van der Waals surface area contributed by atoms with Gasteiger partial charge in [-0.2, -0.15) is 0 Å². The van der Waals surface area contributed by atoms with E-state index in [0.29, 0.717) is 5.02 Å². The Morgan fingerprint density at radius 1 is 1.00 bits per heavy atom. The van der Waals surface area contributed by atoms with Crippen LogP contribution in [0.2, 0.25) is 5.02 Å². The number of hydrogen-bond donors (Lipinski definition) is 0. The highest BCUT2D eigenvalue weighted by molar-refractivity contribution is 6.30. The highest BCUT2D eigenvalue weighted by Crippen LogP contribution is 2.27. The van der Waals surface area contributed by atoms with Crippen molar-refractivity contribution in [2.24, 2.45) is 0 Å². The van der Waals surface area contributed by atoms with Gasteiger partial charge in [0.15, 0.2) is 0 Å². The highest BCUT2D eigenvalue weighted by Gasteiger charge is 2.36. The van der Waals surface area contributed by atoms with Gasteiger partial charge in [-0.05, 0) is 56.6 Å². The fourth-order valence-electron chi connectivity index (χ4n) is 3.11. The molecule has 0 aromatic heterocycles. The molecule has 0 spiro atoms. The van der Waals surface area contributed by atoms with Gasteiger partial charge in [0.2, 0.25) is 5.91 Å². The number of piperidine rings is 1. The third-order valence-electron chi connectivity index (χ3n) is 4.15. The molecule has 4 heteroatoms. The van der Waals surface area contributed by atoms with Crippen molar-refractivity contribution in [3.63, 3.8) is 0 Å². The minimum atomic E-state index is 0.0935. The van der Waals surface area contributed by atoms with Crippen molar-refractivity contribution in [2.45, 2.75) is 31.7 Å². The predicted octanol–water partition coefficient (Wildman–Crippen LogP) is 2.93. The number of carbonyl (C=O) groups is 1. The van der Waals surface area contributed by atoms with E-state index in [-0.39, 0.29) is 11.9 Å². The van der Waals surface area contributed by atoms with Gasteiger partial charge in [0.25, 0.3) is 0 Å². The monoisotopic (exact) mass is 278 g/mol. The number of hydrogen-bond acceptors (Lipinski definition) is 2. The van der Waals surface area contributed by atoms with Crippen molar-refractivity contribution in [3.8, 4) is 0 Å². The smallest absolute Gasteiger partial charge is 0.244 e.